The molecule has 0 spiro atoms. The molecular formula is C18H20N4O3S. The molecule has 1 atom stereocenters. The summed E-state index contributed by atoms with van der Waals surface area (Å²) in [6.45, 7) is 3.49. The van der Waals surface area contributed by atoms with Crippen LogP contribution in [0, 0.1) is 6.92 Å². The van der Waals surface area contributed by atoms with Crippen LogP contribution in [-0.2, 0) is 11.3 Å². The van der Waals surface area contributed by atoms with Crippen LogP contribution >= 0.6 is 11.3 Å². The monoisotopic (exact) mass is 372 g/mol. The Morgan fingerprint density at radius 1 is 1.54 bits per heavy atom. The third kappa shape index (κ3) is 3.30. The Labute approximate surface area is 154 Å². The van der Waals surface area contributed by atoms with E-state index in [2.05, 4.69) is 10.1 Å². The first-order chi connectivity index (χ1) is 12.6. The number of H-pyrrole nitrogens is 1. The SMILES string of the molecule is Cc1cc2ncc(C(=O)N(Cc3ccsc3)C[C@@H]3CCCO3)c(=O)n2[nH]1. The lowest BCUT2D eigenvalue weighted by atomic mass is 10.2. The predicted molar refractivity (Wildman–Crippen MR) is 98.6 cm³/mol. The molecule has 1 fully saturated rings. The maximum absolute atomic E-state index is 13.1. The summed E-state index contributed by atoms with van der Waals surface area (Å²) in [5, 5.41) is 6.92. The van der Waals surface area contributed by atoms with Gasteiger partial charge in [-0.15, -0.1) is 0 Å². The van der Waals surface area contributed by atoms with Crippen molar-refractivity contribution in [2.75, 3.05) is 13.2 Å². The number of hydrogen-bond donors (Lipinski definition) is 1. The number of thiophene rings is 1. The molecule has 0 radical (unpaired) electrons. The number of carbonyl (C=O) groups excluding carboxylic acids is 1. The van der Waals surface area contributed by atoms with Gasteiger partial charge >= 0.3 is 0 Å². The highest BCUT2D eigenvalue weighted by Crippen LogP contribution is 2.17. The standard InChI is InChI=1S/C18H20N4O3S/c1-12-7-16-19-8-15(18(24)22(16)20-12)17(23)21(9-13-4-6-26-11-13)10-14-3-2-5-25-14/h4,6-8,11,14,20H,2-3,5,9-10H2,1H3/t14-/m0/s1. The smallest absolute Gasteiger partial charge is 0.285 e. The van der Waals surface area contributed by atoms with E-state index in [0.29, 0.717) is 18.7 Å². The molecule has 4 heterocycles. The van der Waals surface area contributed by atoms with Crippen molar-refractivity contribution in [3.05, 3.63) is 56.3 Å². The predicted octanol–water partition coefficient (Wildman–Crippen LogP) is 2.21. The fourth-order valence-electron chi connectivity index (χ4n) is 3.25. The van der Waals surface area contributed by atoms with Gasteiger partial charge in [-0.2, -0.15) is 11.3 Å². The summed E-state index contributed by atoms with van der Waals surface area (Å²) in [6.07, 6.45) is 3.33. The molecule has 0 saturated carbocycles. The molecular weight excluding hydrogens is 352 g/mol. The molecule has 1 N–H and O–H groups in total. The summed E-state index contributed by atoms with van der Waals surface area (Å²) in [6, 6.07) is 3.76. The molecule has 0 bridgehead atoms. The zero-order valence-corrected chi connectivity index (χ0v) is 15.3. The number of ether oxygens (including phenoxy) is 1. The van der Waals surface area contributed by atoms with Crippen LogP contribution in [0.1, 0.15) is 34.5 Å². The van der Waals surface area contributed by atoms with E-state index in [-0.39, 0.29) is 23.1 Å². The van der Waals surface area contributed by atoms with Gasteiger partial charge in [0, 0.05) is 37.7 Å². The van der Waals surface area contributed by atoms with E-state index in [1.54, 1.807) is 22.3 Å². The fraction of sp³-hybridized carbons (Fsp3) is 0.389. The number of aromatic nitrogens is 3. The van der Waals surface area contributed by atoms with Crippen LogP contribution in [0.15, 0.2) is 33.9 Å². The number of rotatable bonds is 5. The van der Waals surface area contributed by atoms with Gasteiger partial charge in [0.05, 0.1) is 6.10 Å². The summed E-state index contributed by atoms with van der Waals surface area (Å²) in [5.41, 5.74) is 2.06. The first-order valence-corrected chi connectivity index (χ1v) is 9.55. The molecule has 1 aliphatic rings. The first-order valence-electron chi connectivity index (χ1n) is 8.61. The van der Waals surface area contributed by atoms with Crippen molar-refractivity contribution >= 4 is 22.9 Å². The van der Waals surface area contributed by atoms with E-state index in [1.165, 1.54) is 10.7 Å². The molecule has 7 nitrogen and oxygen atoms in total. The Balaban J connectivity index is 1.66. The Hall–Kier alpha value is -2.45. The van der Waals surface area contributed by atoms with E-state index in [1.807, 2.05) is 23.8 Å². The maximum atomic E-state index is 13.1. The quantitative estimate of drug-likeness (QED) is 0.745. The third-order valence-corrected chi connectivity index (χ3v) is 5.27. The molecule has 3 aromatic rings. The zero-order chi connectivity index (χ0) is 18.1. The number of amides is 1. The van der Waals surface area contributed by atoms with Crippen LogP contribution in [0.25, 0.3) is 5.65 Å². The fourth-order valence-corrected chi connectivity index (χ4v) is 3.91. The van der Waals surface area contributed by atoms with Gasteiger partial charge in [0.25, 0.3) is 11.5 Å². The number of aryl methyl sites for hydroxylation is 1. The van der Waals surface area contributed by atoms with Gasteiger partial charge in [-0.05, 0) is 42.2 Å². The second-order valence-electron chi connectivity index (χ2n) is 6.56. The largest absolute Gasteiger partial charge is 0.376 e. The minimum atomic E-state index is -0.379. The second kappa shape index (κ2) is 7.05. The van der Waals surface area contributed by atoms with Crippen molar-refractivity contribution in [2.45, 2.75) is 32.4 Å². The van der Waals surface area contributed by atoms with Gasteiger partial charge in [0.15, 0.2) is 5.65 Å². The Morgan fingerprint density at radius 3 is 3.15 bits per heavy atom. The highest BCUT2D eigenvalue weighted by atomic mass is 32.1. The second-order valence-corrected chi connectivity index (χ2v) is 7.34. The van der Waals surface area contributed by atoms with Crippen LogP contribution in [-0.4, -0.2) is 44.7 Å². The molecule has 8 heteroatoms. The average Bonchev–Trinajstić information content (AvgIpc) is 3.36. The number of nitrogens with zero attached hydrogens (tertiary/aromatic N) is 3. The van der Waals surface area contributed by atoms with Gasteiger partial charge in [-0.25, -0.2) is 9.50 Å². The van der Waals surface area contributed by atoms with Crippen molar-refractivity contribution in [2.24, 2.45) is 0 Å². The van der Waals surface area contributed by atoms with Crippen molar-refractivity contribution in [1.82, 2.24) is 19.5 Å². The number of nitrogens with one attached hydrogen (secondary N) is 1. The Bertz CT molecular complexity index is 970. The zero-order valence-electron chi connectivity index (χ0n) is 14.5. The highest BCUT2D eigenvalue weighted by molar-refractivity contribution is 7.07. The molecule has 1 saturated heterocycles. The van der Waals surface area contributed by atoms with Crippen LogP contribution in [0.2, 0.25) is 0 Å². The molecule has 1 aliphatic heterocycles. The summed E-state index contributed by atoms with van der Waals surface area (Å²) in [5.74, 6) is -0.314. The van der Waals surface area contributed by atoms with Crippen molar-refractivity contribution in [1.29, 1.82) is 0 Å². The normalized spacial score (nSPS) is 17.0. The number of carbonyl (C=O) groups is 1. The Kier molecular flexibility index (Phi) is 4.60. The van der Waals surface area contributed by atoms with Crippen molar-refractivity contribution < 1.29 is 9.53 Å². The number of aromatic amines is 1. The topological polar surface area (TPSA) is 79.7 Å². The lowest BCUT2D eigenvalue weighted by Crippen LogP contribution is -2.40. The summed E-state index contributed by atoms with van der Waals surface area (Å²) < 4.78 is 7.01. The Morgan fingerprint density at radius 2 is 2.42 bits per heavy atom. The number of hydrogen-bond acceptors (Lipinski definition) is 5. The molecule has 136 valence electrons. The van der Waals surface area contributed by atoms with Crippen LogP contribution < -0.4 is 5.56 Å². The van der Waals surface area contributed by atoms with Gasteiger partial charge in [-0.1, -0.05) is 0 Å². The lowest BCUT2D eigenvalue weighted by Gasteiger charge is -2.25. The van der Waals surface area contributed by atoms with Gasteiger partial charge in [0.2, 0.25) is 0 Å². The van der Waals surface area contributed by atoms with Crippen molar-refractivity contribution in [3.63, 3.8) is 0 Å². The molecule has 26 heavy (non-hydrogen) atoms. The summed E-state index contributed by atoms with van der Waals surface area (Å²) in [7, 11) is 0. The van der Waals surface area contributed by atoms with Crippen LogP contribution in [0.3, 0.4) is 0 Å². The lowest BCUT2D eigenvalue weighted by molar-refractivity contribution is 0.0505. The first kappa shape index (κ1) is 17.0. The van der Waals surface area contributed by atoms with Gasteiger partial charge in [-0.3, -0.25) is 14.7 Å². The molecule has 4 rings (SSSR count). The van der Waals surface area contributed by atoms with Crippen LogP contribution in [0.5, 0.6) is 0 Å². The average molecular weight is 372 g/mol. The molecule has 3 aromatic heterocycles. The molecule has 1 amide bonds. The van der Waals surface area contributed by atoms with E-state index in [9.17, 15) is 9.59 Å². The molecule has 0 aromatic carbocycles. The summed E-state index contributed by atoms with van der Waals surface area (Å²) >= 11 is 1.59. The van der Waals surface area contributed by atoms with E-state index in [0.717, 1.165) is 30.7 Å². The molecule has 0 aliphatic carbocycles. The minimum absolute atomic E-state index is 0.0183. The van der Waals surface area contributed by atoms with E-state index < -0.39 is 0 Å². The van der Waals surface area contributed by atoms with E-state index >= 15 is 0 Å². The van der Waals surface area contributed by atoms with Crippen LogP contribution in [0.4, 0.5) is 0 Å². The molecule has 0 unspecified atom stereocenters. The minimum Gasteiger partial charge on any atom is -0.376 e. The third-order valence-electron chi connectivity index (χ3n) is 4.54. The van der Waals surface area contributed by atoms with Gasteiger partial charge in [0.1, 0.15) is 5.56 Å². The summed E-state index contributed by atoms with van der Waals surface area (Å²) in [4.78, 5) is 31.8. The van der Waals surface area contributed by atoms with Gasteiger partial charge < -0.3 is 9.64 Å². The number of fused-ring (bicyclic) bond motifs is 1. The maximum Gasteiger partial charge on any atom is 0.285 e. The van der Waals surface area contributed by atoms with E-state index in [4.69, 9.17) is 4.74 Å². The van der Waals surface area contributed by atoms with Crippen molar-refractivity contribution in [3.8, 4) is 0 Å². The highest BCUT2D eigenvalue weighted by Gasteiger charge is 2.26.